The number of aryl methyl sites for hydroxylation is 2. The minimum Gasteiger partial charge on any atom is -0.481 e. The molecule has 2 rings (SSSR count). The summed E-state index contributed by atoms with van der Waals surface area (Å²) >= 11 is 0. The highest BCUT2D eigenvalue weighted by Crippen LogP contribution is 2.24. The second kappa shape index (κ2) is 5.60. The first kappa shape index (κ1) is 15.1. The number of benzene rings is 1. The van der Waals surface area contributed by atoms with Gasteiger partial charge < -0.3 is 14.4 Å². The molecule has 21 heavy (non-hydrogen) atoms. The summed E-state index contributed by atoms with van der Waals surface area (Å²) in [5, 5.41) is 9.77. The molecule has 5 nitrogen and oxygen atoms in total. The van der Waals surface area contributed by atoms with Crippen molar-refractivity contribution < 1.29 is 19.1 Å². The molecule has 0 saturated carbocycles. The summed E-state index contributed by atoms with van der Waals surface area (Å²) in [5.41, 5.74) is 2.90. The fourth-order valence-corrected chi connectivity index (χ4v) is 2.17. The molecule has 0 aliphatic heterocycles. The van der Waals surface area contributed by atoms with Gasteiger partial charge >= 0.3 is 5.97 Å². The van der Waals surface area contributed by atoms with Crippen molar-refractivity contribution in [1.82, 2.24) is 4.90 Å². The van der Waals surface area contributed by atoms with Crippen LogP contribution < -0.4 is 0 Å². The van der Waals surface area contributed by atoms with Crippen molar-refractivity contribution in [3.8, 4) is 0 Å². The molecule has 1 unspecified atom stereocenters. The molecule has 1 atom stereocenters. The molecule has 2 aromatic rings. The van der Waals surface area contributed by atoms with Crippen LogP contribution in [-0.2, 0) is 4.79 Å². The Morgan fingerprint density at radius 2 is 1.86 bits per heavy atom. The molecule has 0 saturated heterocycles. The van der Waals surface area contributed by atoms with Crippen molar-refractivity contribution >= 4 is 22.8 Å². The maximum absolute atomic E-state index is 12.3. The maximum atomic E-state index is 12.3. The van der Waals surface area contributed by atoms with Crippen LogP contribution in [0.5, 0.6) is 0 Å². The Morgan fingerprint density at radius 1 is 1.24 bits per heavy atom. The summed E-state index contributed by atoms with van der Waals surface area (Å²) in [6.45, 7) is 5.70. The molecular weight excluding hydrogens is 270 g/mol. The lowest BCUT2D eigenvalue weighted by molar-refractivity contribution is -0.141. The third-order valence-corrected chi connectivity index (χ3v) is 3.66. The first-order valence-corrected chi connectivity index (χ1v) is 6.78. The first-order chi connectivity index (χ1) is 9.79. The molecule has 0 radical (unpaired) electrons. The predicted molar refractivity (Wildman–Crippen MR) is 79.4 cm³/mol. The van der Waals surface area contributed by atoms with Gasteiger partial charge in [-0.15, -0.1) is 0 Å². The van der Waals surface area contributed by atoms with E-state index in [9.17, 15) is 9.59 Å². The van der Waals surface area contributed by atoms with E-state index in [1.807, 2.05) is 26.0 Å². The van der Waals surface area contributed by atoms with E-state index in [0.29, 0.717) is 5.58 Å². The zero-order valence-corrected chi connectivity index (χ0v) is 12.6. The predicted octanol–water partition coefficient (Wildman–Crippen LogP) is 2.84. The number of rotatable bonds is 4. The Balaban J connectivity index is 2.25. The number of aliphatic carboxylic acids is 1. The molecule has 5 heteroatoms. The van der Waals surface area contributed by atoms with Crippen LogP contribution in [-0.4, -0.2) is 35.5 Å². The molecule has 1 aromatic carbocycles. The molecule has 0 spiro atoms. The molecule has 1 N–H and O–H groups in total. The zero-order valence-electron chi connectivity index (χ0n) is 12.6. The molecule has 1 amide bonds. The lowest BCUT2D eigenvalue weighted by Crippen LogP contribution is -2.33. The summed E-state index contributed by atoms with van der Waals surface area (Å²) < 4.78 is 5.59. The smallest absolute Gasteiger partial charge is 0.308 e. The molecule has 0 bridgehead atoms. The quantitative estimate of drug-likeness (QED) is 0.939. The Hall–Kier alpha value is -2.30. The standard InChI is InChI=1S/C16H19NO4/c1-9-5-12-7-14(21-13(12)6-10(9)2)15(18)17(4)8-11(3)16(19)20/h5-7,11H,8H2,1-4H3,(H,19,20). The Bertz CT molecular complexity index is 663. The fourth-order valence-electron chi connectivity index (χ4n) is 2.17. The average Bonchev–Trinajstić information content (AvgIpc) is 2.80. The third-order valence-electron chi connectivity index (χ3n) is 3.66. The van der Waals surface area contributed by atoms with Crippen molar-refractivity contribution in [1.29, 1.82) is 0 Å². The van der Waals surface area contributed by atoms with E-state index in [1.165, 1.54) is 4.90 Å². The van der Waals surface area contributed by atoms with Crippen LogP contribution >= 0.6 is 0 Å². The van der Waals surface area contributed by atoms with Gasteiger partial charge in [-0.05, 0) is 43.2 Å². The van der Waals surface area contributed by atoms with Gasteiger partial charge in [0.15, 0.2) is 5.76 Å². The van der Waals surface area contributed by atoms with Crippen LogP contribution in [0.2, 0.25) is 0 Å². The van der Waals surface area contributed by atoms with Gasteiger partial charge in [0, 0.05) is 19.0 Å². The van der Waals surface area contributed by atoms with Gasteiger partial charge in [0.1, 0.15) is 5.58 Å². The number of carbonyl (C=O) groups excluding carboxylic acids is 1. The molecule has 0 aliphatic carbocycles. The molecule has 1 heterocycles. The van der Waals surface area contributed by atoms with Gasteiger partial charge in [-0.3, -0.25) is 9.59 Å². The van der Waals surface area contributed by atoms with E-state index in [2.05, 4.69) is 0 Å². The molecular formula is C16H19NO4. The molecule has 0 aliphatic rings. The van der Waals surface area contributed by atoms with Crippen molar-refractivity contribution in [2.45, 2.75) is 20.8 Å². The first-order valence-electron chi connectivity index (χ1n) is 6.78. The Kier molecular flexibility index (Phi) is 4.02. The van der Waals surface area contributed by atoms with E-state index >= 15 is 0 Å². The number of amides is 1. The molecule has 0 fully saturated rings. The number of carboxylic acid groups (broad SMARTS) is 1. The van der Waals surface area contributed by atoms with Gasteiger partial charge in [-0.2, -0.15) is 0 Å². The Morgan fingerprint density at radius 3 is 2.48 bits per heavy atom. The maximum Gasteiger partial charge on any atom is 0.308 e. The number of hydrogen-bond acceptors (Lipinski definition) is 3. The topological polar surface area (TPSA) is 70.8 Å². The lowest BCUT2D eigenvalue weighted by Gasteiger charge is -2.17. The summed E-state index contributed by atoms with van der Waals surface area (Å²) in [7, 11) is 1.57. The number of fused-ring (bicyclic) bond motifs is 1. The number of carbonyl (C=O) groups is 2. The molecule has 1 aromatic heterocycles. The van der Waals surface area contributed by atoms with Crippen LogP contribution in [0.15, 0.2) is 22.6 Å². The number of nitrogens with zero attached hydrogens (tertiary/aromatic N) is 1. The number of furan rings is 1. The fraction of sp³-hybridized carbons (Fsp3) is 0.375. The van der Waals surface area contributed by atoms with Crippen molar-refractivity contribution in [2.75, 3.05) is 13.6 Å². The van der Waals surface area contributed by atoms with E-state index < -0.39 is 11.9 Å². The van der Waals surface area contributed by atoms with Gasteiger partial charge in [0.25, 0.3) is 5.91 Å². The van der Waals surface area contributed by atoms with E-state index in [1.54, 1.807) is 20.0 Å². The van der Waals surface area contributed by atoms with Crippen LogP contribution in [0.25, 0.3) is 11.0 Å². The van der Waals surface area contributed by atoms with Crippen LogP contribution in [0.1, 0.15) is 28.6 Å². The van der Waals surface area contributed by atoms with Gasteiger partial charge in [-0.1, -0.05) is 6.92 Å². The second-order valence-corrected chi connectivity index (χ2v) is 5.51. The van der Waals surface area contributed by atoms with Gasteiger partial charge in [-0.25, -0.2) is 0 Å². The Labute approximate surface area is 123 Å². The van der Waals surface area contributed by atoms with Crippen molar-refractivity contribution in [2.24, 2.45) is 5.92 Å². The van der Waals surface area contributed by atoms with E-state index in [0.717, 1.165) is 16.5 Å². The summed E-state index contributed by atoms with van der Waals surface area (Å²) in [6.07, 6.45) is 0. The largest absolute Gasteiger partial charge is 0.481 e. The van der Waals surface area contributed by atoms with Gasteiger partial charge in [0.2, 0.25) is 0 Å². The molecule has 112 valence electrons. The number of carboxylic acids is 1. The summed E-state index contributed by atoms with van der Waals surface area (Å²) in [6, 6.07) is 5.58. The summed E-state index contributed by atoms with van der Waals surface area (Å²) in [4.78, 5) is 24.5. The number of hydrogen-bond donors (Lipinski definition) is 1. The van der Waals surface area contributed by atoms with Crippen molar-refractivity contribution in [3.63, 3.8) is 0 Å². The van der Waals surface area contributed by atoms with E-state index in [-0.39, 0.29) is 18.2 Å². The second-order valence-electron chi connectivity index (χ2n) is 5.51. The third kappa shape index (κ3) is 3.07. The average molecular weight is 289 g/mol. The SMILES string of the molecule is Cc1cc2cc(C(=O)N(C)CC(C)C(=O)O)oc2cc1C. The van der Waals surface area contributed by atoms with E-state index in [4.69, 9.17) is 9.52 Å². The highest BCUT2D eigenvalue weighted by Gasteiger charge is 2.21. The lowest BCUT2D eigenvalue weighted by atomic mass is 10.1. The van der Waals surface area contributed by atoms with Crippen LogP contribution in [0, 0.1) is 19.8 Å². The van der Waals surface area contributed by atoms with Crippen molar-refractivity contribution in [3.05, 3.63) is 35.1 Å². The zero-order chi connectivity index (χ0) is 15.7. The normalized spacial score (nSPS) is 12.4. The summed E-state index contributed by atoms with van der Waals surface area (Å²) in [5.74, 6) is -1.62. The highest BCUT2D eigenvalue weighted by molar-refractivity contribution is 5.96. The van der Waals surface area contributed by atoms with Crippen LogP contribution in [0.4, 0.5) is 0 Å². The minimum atomic E-state index is -0.925. The minimum absolute atomic E-state index is 0.142. The monoisotopic (exact) mass is 289 g/mol. The van der Waals surface area contributed by atoms with Gasteiger partial charge in [0.05, 0.1) is 5.92 Å². The van der Waals surface area contributed by atoms with Crippen LogP contribution in [0.3, 0.4) is 0 Å². The highest BCUT2D eigenvalue weighted by atomic mass is 16.4.